The fraction of sp³-hybridized carbons (Fsp3) is 0. The van der Waals surface area contributed by atoms with E-state index in [4.69, 9.17) is 0 Å². The number of benzene rings is 1. The second-order valence-corrected chi connectivity index (χ2v) is 4.44. The number of aromatic nitrogens is 4. The van der Waals surface area contributed by atoms with E-state index in [0.717, 1.165) is 15.7 Å². The maximum Gasteiger partial charge on any atom is 0.364 e. The summed E-state index contributed by atoms with van der Waals surface area (Å²) < 4.78 is 2.25. The minimum atomic E-state index is -0.334. The molecular weight excluding hydrogens is 284 g/mol. The summed E-state index contributed by atoms with van der Waals surface area (Å²) in [6.45, 7) is 0. The molecule has 17 heavy (non-hydrogen) atoms. The van der Waals surface area contributed by atoms with Crippen LogP contribution in [0.1, 0.15) is 0 Å². The lowest BCUT2D eigenvalue weighted by Crippen LogP contribution is -2.12. The van der Waals surface area contributed by atoms with Crippen LogP contribution in [0.2, 0.25) is 0 Å². The summed E-state index contributed by atoms with van der Waals surface area (Å²) in [7, 11) is 0. The topological polar surface area (TPSA) is 63.0 Å². The van der Waals surface area contributed by atoms with Gasteiger partial charge in [0.25, 0.3) is 0 Å². The van der Waals surface area contributed by atoms with Crippen molar-refractivity contribution < 1.29 is 0 Å². The number of aromatic amines is 1. The number of hydrogen-bond donors (Lipinski definition) is 1. The minimum absolute atomic E-state index is 0.334. The molecular formula is C11H7BrN4O. The van der Waals surface area contributed by atoms with E-state index in [2.05, 4.69) is 31.2 Å². The second-order valence-electron chi connectivity index (χ2n) is 3.52. The molecule has 0 aliphatic carbocycles. The monoisotopic (exact) mass is 290 g/mol. The van der Waals surface area contributed by atoms with Gasteiger partial charge in [-0.25, -0.2) is 9.89 Å². The molecule has 0 saturated carbocycles. The quantitative estimate of drug-likeness (QED) is 0.744. The summed E-state index contributed by atoms with van der Waals surface area (Å²) in [4.78, 5) is 11.4. The van der Waals surface area contributed by atoms with Crippen molar-refractivity contribution in [3.05, 3.63) is 51.4 Å². The van der Waals surface area contributed by atoms with Crippen molar-refractivity contribution in [3.8, 4) is 11.3 Å². The molecule has 3 aromatic rings. The average molecular weight is 291 g/mol. The van der Waals surface area contributed by atoms with E-state index in [0.29, 0.717) is 5.65 Å². The third-order valence-electron chi connectivity index (χ3n) is 2.41. The molecule has 0 spiro atoms. The highest BCUT2D eigenvalue weighted by Gasteiger charge is 2.04. The van der Waals surface area contributed by atoms with Crippen molar-refractivity contribution in [2.75, 3.05) is 0 Å². The van der Waals surface area contributed by atoms with Crippen LogP contribution in [-0.4, -0.2) is 19.8 Å². The highest BCUT2D eigenvalue weighted by atomic mass is 79.9. The molecule has 84 valence electrons. The summed E-state index contributed by atoms with van der Waals surface area (Å²) in [5.74, 6) is 0. The molecule has 0 radical (unpaired) electrons. The van der Waals surface area contributed by atoms with E-state index in [1.54, 1.807) is 6.07 Å². The molecule has 3 rings (SSSR count). The van der Waals surface area contributed by atoms with E-state index in [9.17, 15) is 4.79 Å². The Morgan fingerprint density at radius 1 is 1.12 bits per heavy atom. The van der Waals surface area contributed by atoms with Crippen molar-refractivity contribution in [1.82, 2.24) is 19.8 Å². The Hall–Kier alpha value is -1.95. The molecule has 0 amide bonds. The Kier molecular flexibility index (Phi) is 2.29. The van der Waals surface area contributed by atoms with Gasteiger partial charge in [0.1, 0.15) is 0 Å². The zero-order valence-corrected chi connectivity index (χ0v) is 10.2. The zero-order valence-electron chi connectivity index (χ0n) is 8.59. The number of halogens is 1. The number of rotatable bonds is 1. The van der Waals surface area contributed by atoms with Gasteiger partial charge in [0.2, 0.25) is 0 Å². The highest BCUT2D eigenvalue weighted by Crippen LogP contribution is 2.19. The maximum absolute atomic E-state index is 11.4. The molecule has 0 aliphatic rings. The number of H-pyrrole nitrogens is 1. The van der Waals surface area contributed by atoms with Gasteiger partial charge in [-0.3, -0.25) is 0 Å². The Labute approximate surface area is 104 Å². The normalized spacial score (nSPS) is 10.9. The molecule has 1 N–H and O–H groups in total. The molecule has 0 fully saturated rings. The van der Waals surface area contributed by atoms with Gasteiger partial charge in [0, 0.05) is 10.0 Å². The van der Waals surface area contributed by atoms with Gasteiger partial charge in [0.05, 0.1) is 5.69 Å². The second kappa shape index (κ2) is 3.81. The SMILES string of the molecule is O=c1[nH]nc2ccc(-c3ccc(Br)cc3)nn12. The van der Waals surface area contributed by atoms with Crippen molar-refractivity contribution in [2.45, 2.75) is 0 Å². The average Bonchev–Trinajstić information content (AvgIpc) is 2.72. The molecule has 0 saturated heterocycles. The van der Waals surface area contributed by atoms with Crippen LogP contribution in [0.15, 0.2) is 45.7 Å². The fourth-order valence-electron chi connectivity index (χ4n) is 1.58. The molecule has 0 unspecified atom stereocenters. The lowest BCUT2D eigenvalue weighted by Gasteiger charge is -2.00. The first-order valence-electron chi connectivity index (χ1n) is 4.94. The van der Waals surface area contributed by atoms with Gasteiger partial charge in [-0.1, -0.05) is 28.1 Å². The van der Waals surface area contributed by atoms with Crippen LogP contribution < -0.4 is 5.69 Å². The van der Waals surface area contributed by atoms with Gasteiger partial charge in [-0.2, -0.15) is 14.7 Å². The van der Waals surface area contributed by atoms with Crippen LogP contribution in [0.25, 0.3) is 16.9 Å². The standard InChI is InChI=1S/C11H7BrN4O/c12-8-3-1-7(2-4-8)9-5-6-10-13-14-11(17)16(10)15-9/h1-6H,(H,14,17). The Balaban J connectivity index is 2.20. The largest absolute Gasteiger partial charge is 0.364 e. The minimum Gasteiger partial charge on any atom is -0.244 e. The number of fused-ring (bicyclic) bond motifs is 1. The molecule has 2 heterocycles. The van der Waals surface area contributed by atoms with Crippen LogP contribution in [0.4, 0.5) is 0 Å². The van der Waals surface area contributed by atoms with E-state index >= 15 is 0 Å². The molecule has 1 aromatic carbocycles. The summed E-state index contributed by atoms with van der Waals surface area (Å²) in [5, 5.41) is 10.4. The van der Waals surface area contributed by atoms with Crippen LogP contribution >= 0.6 is 15.9 Å². The summed E-state index contributed by atoms with van der Waals surface area (Å²) in [6, 6.07) is 11.3. The lowest BCUT2D eigenvalue weighted by molar-refractivity contribution is 0.885. The number of nitrogens with one attached hydrogen (secondary N) is 1. The van der Waals surface area contributed by atoms with Gasteiger partial charge < -0.3 is 0 Å². The smallest absolute Gasteiger partial charge is 0.244 e. The first kappa shape index (κ1) is 10.2. The number of hydrogen-bond acceptors (Lipinski definition) is 3. The summed E-state index contributed by atoms with van der Waals surface area (Å²) in [6.07, 6.45) is 0. The Morgan fingerprint density at radius 3 is 2.65 bits per heavy atom. The van der Waals surface area contributed by atoms with E-state index < -0.39 is 0 Å². The van der Waals surface area contributed by atoms with E-state index in [-0.39, 0.29) is 5.69 Å². The van der Waals surface area contributed by atoms with Crippen molar-refractivity contribution in [3.63, 3.8) is 0 Å². The lowest BCUT2D eigenvalue weighted by atomic mass is 10.1. The molecule has 0 atom stereocenters. The highest BCUT2D eigenvalue weighted by molar-refractivity contribution is 9.10. The van der Waals surface area contributed by atoms with Gasteiger partial charge in [-0.15, -0.1) is 0 Å². The molecule has 6 heteroatoms. The molecule has 2 aromatic heterocycles. The predicted octanol–water partition coefficient (Wildman–Crippen LogP) is 1.85. The molecule has 0 bridgehead atoms. The molecule has 0 aliphatic heterocycles. The fourth-order valence-corrected chi connectivity index (χ4v) is 1.84. The van der Waals surface area contributed by atoms with Crippen LogP contribution in [0.5, 0.6) is 0 Å². The van der Waals surface area contributed by atoms with Crippen molar-refractivity contribution in [1.29, 1.82) is 0 Å². The predicted molar refractivity (Wildman–Crippen MR) is 66.7 cm³/mol. The van der Waals surface area contributed by atoms with Gasteiger partial charge >= 0.3 is 5.69 Å². The van der Waals surface area contributed by atoms with Crippen LogP contribution in [0.3, 0.4) is 0 Å². The molecule has 5 nitrogen and oxygen atoms in total. The third kappa shape index (κ3) is 1.76. The van der Waals surface area contributed by atoms with Crippen molar-refractivity contribution in [2.24, 2.45) is 0 Å². The first-order chi connectivity index (χ1) is 8.24. The zero-order chi connectivity index (χ0) is 11.8. The summed E-state index contributed by atoms with van der Waals surface area (Å²) >= 11 is 3.37. The third-order valence-corrected chi connectivity index (χ3v) is 2.94. The van der Waals surface area contributed by atoms with Crippen LogP contribution in [-0.2, 0) is 0 Å². The Morgan fingerprint density at radius 2 is 1.88 bits per heavy atom. The van der Waals surface area contributed by atoms with Crippen molar-refractivity contribution >= 4 is 21.6 Å². The van der Waals surface area contributed by atoms with Gasteiger partial charge in [0.15, 0.2) is 5.65 Å². The van der Waals surface area contributed by atoms with E-state index in [1.807, 2.05) is 30.3 Å². The summed E-state index contributed by atoms with van der Waals surface area (Å²) in [5.41, 5.74) is 1.85. The van der Waals surface area contributed by atoms with Crippen LogP contribution in [0, 0.1) is 0 Å². The first-order valence-corrected chi connectivity index (χ1v) is 5.74. The van der Waals surface area contributed by atoms with Gasteiger partial charge in [-0.05, 0) is 24.3 Å². The van der Waals surface area contributed by atoms with E-state index in [1.165, 1.54) is 4.52 Å². The Bertz CT molecular complexity index is 729. The number of nitrogens with zero attached hydrogens (tertiary/aromatic N) is 3. The maximum atomic E-state index is 11.4.